The first-order valence-electron chi connectivity index (χ1n) is 2.85. The largest absolute Gasteiger partial charge is 0.345 e. The summed E-state index contributed by atoms with van der Waals surface area (Å²) in [4.78, 5) is 7.07. The highest BCUT2D eigenvalue weighted by atomic mass is 14.7. The molecule has 0 unspecified atom stereocenters. The van der Waals surface area contributed by atoms with E-state index in [1.54, 1.807) is 6.33 Å². The molecule has 0 bridgehead atoms. The summed E-state index contributed by atoms with van der Waals surface area (Å²) in [6.45, 7) is 0. The van der Waals surface area contributed by atoms with Crippen LogP contribution in [0, 0.1) is 0 Å². The van der Waals surface area contributed by atoms with Gasteiger partial charge in [-0.05, 0) is 12.1 Å². The van der Waals surface area contributed by atoms with E-state index in [1.165, 1.54) is 0 Å². The first kappa shape index (κ1) is 4.56. The molecule has 0 aliphatic heterocycles. The summed E-state index contributed by atoms with van der Waals surface area (Å²) >= 11 is 0. The number of benzene rings is 1. The zero-order chi connectivity index (χ0) is 6.10. The highest BCUT2D eigenvalue weighted by Gasteiger charge is 1.88. The number of aromatic nitrogens is 2. The average molecular weight is 115 g/mol. The second kappa shape index (κ2) is 1.58. The van der Waals surface area contributed by atoms with Crippen molar-refractivity contribution in [3.8, 4) is 0 Å². The van der Waals surface area contributed by atoms with Gasteiger partial charge in [-0.2, -0.15) is 0 Å². The van der Waals surface area contributed by atoms with Crippen molar-refractivity contribution < 1.29 is 0 Å². The Balaban J connectivity index is 2.95. The van der Waals surface area contributed by atoms with Crippen molar-refractivity contribution in [2.75, 3.05) is 0 Å². The van der Waals surface area contributed by atoms with Crippen LogP contribution in [0.4, 0.5) is 0 Å². The Kier molecular flexibility index (Phi) is 0.803. The minimum absolute atomic E-state index is 1.03. The smallest absolute Gasteiger partial charge is 0.0931 e. The third-order valence-corrected chi connectivity index (χ3v) is 1.33. The molecule has 2 aromatic rings. The maximum atomic E-state index is 4.06. The molecular weight excluding hydrogens is 109 g/mol. The molecule has 9 heavy (non-hydrogen) atoms. The standard InChI is InChI=1S/C7H6N2/c1-2-4-7-6(3-1)8-5-9-7/h1-5H,(H,8,9)/i5-3. The molecule has 0 spiro atoms. The van der Waals surface area contributed by atoms with Crippen molar-refractivity contribution in [1.82, 2.24) is 9.97 Å². The molecule has 0 atom stereocenters. The number of fused-ring (bicyclic) bond motifs is 1. The summed E-state index contributed by atoms with van der Waals surface area (Å²) in [6, 6.07) is 7.94. The minimum atomic E-state index is 1.03. The maximum absolute atomic E-state index is 4.06. The molecule has 2 nitrogen and oxygen atoms in total. The van der Waals surface area contributed by atoms with Crippen LogP contribution in [0.1, 0.15) is 0 Å². The number of imidazole rings is 1. The summed E-state index contributed by atoms with van der Waals surface area (Å²) in [5.41, 5.74) is 2.12. The number of hydrogen-bond donors (Lipinski definition) is 1. The summed E-state index contributed by atoms with van der Waals surface area (Å²) in [7, 11) is 0. The fourth-order valence-electron chi connectivity index (χ4n) is 0.880. The molecule has 0 fully saturated rings. The van der Waals surface area contributed by atoms with Crippen molar-refractivity contribution in [2.24, 2.45) is 0 Å². The normalized spacial score (nSPS) is 10.2. The molecule has 0 radical (unpaired) electrons. The van der Waals surface area contributed by atoms with E-state index in [4.69, 9.17) is 0 Å². The van der Waals surface area contributed by atoms with Gasteiger partial charge in [0.15, 0.2) is 0 Å². The summed E-state index contributed by atoms with van der Waals surface area (Å²) < 4.78 is 0. The van der Waals surface area contributed by atoms with Gasteiger partial charge in [-0.15, -0.1) is 0 Å². The van der Waals surface area contributed by atoms with E-state index < -0.39 is 0 Å². The van der Waals surface area contributed by atoms with Gasteiger partial charge in [-0.3, -0.25) is 0 Å². The maximum Gasteiger partial charge on any atom is 0.0931 e. The highest BCUT2D eigenvalue weighted by molar-refractivity contribution is 5.73. The minimum Gasteiger partial charge on any atom is -0.345 e. The first-order valence-corrected chi connectivity index (χ1v) is 2.85. The van der Waals surface area contributed by atoms with E-state index in [0.29, 0.717) is 0 Å². The van der Waals surface area contributed by atoms with E-state index >= 15 is 0 Å². The number of nitrogens with one attached hydrogen (secondary N) is 1. The lowest BCUT2D eigenvalue weighted by atomic mass is 8.77. The molecule has 0 aliphatic carbocycles. The van der Waals surface area contributed by atoms with Gasteiger partial charge < -0.3 is 4.98 Å². The third kappa shape index (κ3) is 0.598. The predicted molar refractivity (Wildman–Crippen MR) is 36.1 cm³/mol. The van der Waals surface area contributed by atoms with Crippen LogP contribution in [0.3, 0.4) is 0 Å². The Morgan fingerprint density at radius 3 is 3.11 bits per heavy atom. The van der Waals surface area contributed by atoms with Gasteiger partial charge >= 0.3 is 0 Å². The molecule has 44 valence electrons. The zero-order valence-electron chi connectivity index (χ0n) is 4.83. The fourth-order valence-corrected chi connectivity index (χ4v) is 0.880. The van der Waals surface area contributed by atoms with Crippen LogP contribution >= 0.6 is 0 Å². The van der Waals surface area contributed by atoms with E-state index in [2.05, 4.69) is 9.97 Å². The van der Waals surface area contributed by atoms with Gasteiger partial charge in [-0.1, -0.05) is 12.1 Å². The van der Waals surface area contributed by atoms with Crippen molar-refractivity contribution in [1.29, 1.82) is 0 Å². The Morgan fingerprint density at radius 1 is 1.33 bits per heavy atom. The van der Waals surface area contributed by atoms with E-state index in [0.717, 1.165) is 11.0 Å². The van der Waals surface area contributed by atoms with Crippen molar-refractivity contribution >= 4 is 11.0 Å². The number of hydrogen-bond acceptors (Lipinski definition) is 1. The van der Waals surface area contributed by atoms with Crippen LogP contribution in [0.2, 0.25) is 0 Å². The summed E-state index contributed by atoms with van der Waals surface area (Å²) in [6.07, 6.45) is 1.70. The number of rotatable bonds is 0. The Hall–Kier alpha value is -1.31. The van der Waals surface area contributed by atoms with Crippen LogP contribution in [0.25, 0.3) is 11.0 Å². The SMILES string of the molecule is c1ccc2[nH][9cH]nc2c1. The van der Waals surface area contributed by atoms with Crippen LogP contribution in [0.15, 0.2) is 30.6 Å². The molecule has 2 rings (SSSR count). The lowest BCUT2D eigenvalue weighted by Gasteiger charge is -1.81. The Labute approximate surface area is 52.5 Å². The van der Waals surface area contributed by atoms with E-state index in [-0.39, 0.29) is 0 Å². The quantitative estimate of drug-likeness (QED) is 0.554. The summed E-state index contributed by atoms with van der Waals surface area (Å²) in [5, 5.41) is 0. The molecule has 0 aliphatic rings. The second-order valence-electron chi connectivity index (χ2n) is 1.92. The van der Waals surface area contributed by atoms with Gasteiger partial charge in [0.1, 0.15) is 0 Å². The molecular formula is C7H6N2. The number of nitrogens with zero attached hydrogens (tertiary/aromatic N) is 1. The molecule has 0 saturated heterocycles. The van der Waals surface area contributed by atoms with Crippen molar-refractivity contribution in [3.63, 3.8) is 0 Å². The van der Waals surface area contributed by atoms with Gasteiger partial charge in [0, 0.05) is 0 Å². The zero-order valence-corrected chi connectivity index (χ0v) is 4.83. The molecule has 0 saturated carbocycles. The van der Waals surface area contributed by atoms with Crippen LogP contribution < -0.4 is 0 Å². The van der Waals surface area contributed by atoms with E-state index in [1.807, 2.05) is 24.3 Å². The van der Waals surface area contributed by atoms with Crippen LogP contribution in [-0.4, -0.2) is 9.97 Å². The van der Waals surface area contributed by atoms with Gasteiger partial charge in [0.2, 0.25) is 0 Å². The van der Waals surface area contributed by atoms with Gasteiger partial charge in [0.05, 0.1) is 17.4 Å². The van der Waals surface area contributed by atoms with E-state index in [9.17, 15) is 0 Å². The molecule has 1 heterocycles. The number of H-pyrrole nitrogens is 1. The monoisotopic (exact) mass is 115 g/mol. The first-order chi connectivity index (χ1) is 4.47. The van der Waals surface area contributed by atoms with Gasteiger partial charge in [-0.25, -0.2) is 4.98 Å². The Bertz CT molecular complexity index is 281. The number of aromatic amines is 1. The Morgan fingerprint density at radius 2 is 2.22 bits per heavy atom. The molecule has 1 aromatic carbocycles. The number of para-hydroxylation sites is 2. The van der Waals surface area contributed by atoms with Crippen LogP contribution in [-0.2, 0) is 0 Å². The van der Waals surface area contributed by atoms with Gasteiger partial charge in [0.25, 0.3) is 0 Å². The van der Waals surface area contributed by atoms with Crippen molar-refractivity contribution in [2.45, 2.75) is 0 Å². The molecule has 2 heteroatoms. The second-order valence-corrected chi connectivity index (χ2v) is 1.92. The third-order valence-electron chi connectivity index (χ3n) is 1.33. The lowest BCUT2D eigenvalue weighted by molar-refractivity contribution is 1.34. The topological polar surface area (TPSA) is 28.7 Å². The lowest BCUT2D eigenvalue weighted by Crippen LogP contribution is -1.63. The predicted octanol–water partition coefficient (Wildman–Crippen LogP) is 1.56. The average Bonchev–Trinajstić information content (AvgIpc) is 2.33. The molecule has 1 N–H and O–H groups in total. The van der Waals surface area contributed by atoms with Crippen molar-refractivity contribution in [3.05, 3.63) is 30.6 Å². The molecule has 1 aromatic heterocycles. The highest BCUT2D eigenvalue weighted by Crippen LogP contribution is 2.05. The fraction of sp³-hybridized carbons (Fsp3) is 0. The summed E-state index contributed by atoms with van der Waals surface area (Å²) in [5.74, 6) is 0. The van der Waals surface area contributed by atoms with Crippen LogP contribution in [0.5, 0.6) is 0 Å². The molecule has 0 amide bonds.